The predicted molar refractivity (Wildman–Crippen MR) is 81.2 cm³/mol. The molecule has 2 aromatic rings. The molecule has 0 bridgehead atoms. The van der Waals surface area contributed by atoms with E-state index in [0.29, 0.717) is 6.04 Å². The van der Waals surface area contributed by atoms with E-state index in [1.807, 2.05) is 19.4 Å². The Kier molecular flexibility index (Phi) is 3.65. The van der Waals surface area contributed by atoms with Gasteiger partial charge in [-0.3, -0.25) is 0 Å². The van der Waals surface area contributed by atoms with Gasteiger partial charge in [-0.2, -0.15) is 0 Å². The number of hydrogen-bond acceptors (Lipinski definition) is 4. The molecule has 3 rings (SSSR count). The fourth-order valence-electron chi connectivity index (χ4n) is 2.76. The second-order valence-corrected chi connectivity index (χ2v) is 5.31. The molecule has 104 valence electrons. The van der Waals surface area contributed by atoms with Gasteiger partial charge in [-0.1, -0.05) is 18.2 Å². The summed E-state index contributed by atoms with van der Waals surface area (Å²) in [6.07, 6.45) is 6.08. The third-order valence-electron chi connectivity index (χ3n) is 3.81. The van der Waals surface area contributed by atoms with Gasteiger partial charge in [0.15, 0.2) is 0 Å². The topological polar surface area (TPSA) is 41.1 Å². The highest BCUT2D eigenvalue weighted by Gasteiger charge is 2.25. The molecule has 0 amide bonds. The molecule has 0 spiro atoms. The standard InChI is InChI=1S/C16H20N4/c1-12-7-8-14-5-3-4-6-15(14)20(12)16-18-10-13(9-17-2)11-19-16/h3-6,10-12,17H,7-9H2,1-2H3. The molecule has 0 fully saturated rings. The van der Waals surface area contributed by atoms with Crippen molar-refractivity contribution in [3.8, 4) is 0 Å². The first-order valence-corrected chi connectivity index (χ1v) is 7.12. The van der Waals surface area contributed by atoms with Crippen LogP contribution in [-0.4, -0.2) is 23.1 Å². The zero-order valence-corrected chi connectivity index (χ0v) is 12.0. The summed E-state index contributed by atoms with van der Waals surface area (Å²) in [4.78, 5) is 11.3. The SMILES string of the molecule is CNCc1cnc(N2c3ccccc3CCC2C)nc1. The largest absolute Gasteiger partial charge is 0.316 e. The van der Waals surface area contributed by atoms with E-state index >= 15 is 0 Å². The van der Waals surface area contributed by atoms with E-state index < -0.39 is 0 Å². The van der Waals surface area contributed by atoms with Gasteiger partial charge in [-0.05, 0) is 38.4 Å². The fourth-order valence-corrected chi connectivity index (χ4v) is 2.76. The first-order valence-electron chi connectivity index (χ1n) is 7.12. The van der Waals surface area contributed by atoms with Crippen molar-refractivity contribution >= 4 is 11.6 Å². The number of nitrogens with one attached hydrogen (secondary N) is 1. The van der Waals surface area contributed by atoms with Crippen LogP contribution in [0.3, 0.4) is 0 Å². The smallest absolute Gasteiger partial charge is 0.230 e. The van der Waals surface area contributed by atoms with Crippen LogP contribution in [0.4, 0.5) is 11.6 Å². The highest BCUT2D eigenvalue weighted by atomic mass is 15.3. The minimum Gasteiger partial charge on any atom is -0.316 e. The second-order valence-electron chi connectivity index (χ2n) is 5.31. The molecule has 1 aromatic heterocycles. The van der Waals surface area contributed by atoms with Crippen molar-refractivity contribution in [1.29, 1.82) is 0 Å². The molecular formula is C16H20N4. The monoisotopic (exact) mass is 268 g/mol. The Bertz CT molecular complexity index is 579. The number of anilines is 2. The molecule has 0 aliphatic carbocycles. The molecule has 1 atom stereocenters. The highest BCUT2D eigenvalue weighted by Crippen LogP contribution is 2.34. The van der Waals surface area contributed by atoms with Crippen molar-refractivity contribution in [3.63, 3.8) is 0 Å². The van der Waals surface area contributed by atoms with Gasteiger partial charge in [0, 0.05) is 36.2 Å². The summed E-state index contributed by atoms with van der Waals surface area (Å²) < 4.78 is 0. The first-order chi connectivity index (χ1) is 9.79. The predicted octanol–water partition coefficient (Wildman–Crippen LogP) is 2.67. The summed E-state index contributed by atoms with van der Waals surface area (Å²) in [5.41, 5.74) is 3.73. The van der Waals surface area contributed by atoms with E-state index in [2.05, 4.69) is 51.4 Å². The Labute approximate surface area is 119 Å². The third kappa shape index (κ3) is 2.39. The summed E-state index contributed by atoms with van der Waals surface area (Å²) in [5, 5.41) is 3.11. The molecule has 0 saturated carbocycles. The maximum atomic E-state index is 4.55. The fraction of sp³-hybridized carbons (Fsp3) is 0.375. The Hall–Kier alpha value is -1.94. The highest BCUT2D eigenvalue weighted by molar-refractivity contribution is 5.64. The quantitative estimate of drug-likeness (QED) is 0.929. The van der Waals surface area contributed by atoms with Crippen LogP contribution < -0.4 is 10.2 Å². The summed E-state index contributed by atoms with van der Waals surface area (Å²) >= 11 is 0. The van der Waals surface area contributed by atoms with Crippen molar-refractivity contribution in [1.82, 2.24) is 15.3 Å². The van der Waals surface area contributed by atoms with Crippen LogP contribution in [-0.2, 0) is 13.0 Å². The lowest BCUT2D eigenvalue weighted by Gasteiger charge is -2.35. The van der Waals surface area contributed by atoms with Crippen LogP contribution >= 0.6 is 0 Å². The Balaban J connectivity index is 1.96. The first kappa shape index (κ1) is 13.1. The van der Waals surface area contributed by atoms with Gasteiger partial charge in [0.25, 0.3) is 0 Å². The van der Waals surface area contributed by atoms with Gasteiger partial charge in [0.2, 0.25) is 5.95 Å². The maximum Gasteiger partial charge on any atom is 0.230 e. The Morgan fingerprint density at radius 2 is 2.00 bits per heavy atom. The van der Waals surface area contributed by atoms with Crippen LogP contribution in [0.15, 0.2) is 36.7 Å². The van der Waals surface area contributed by atoms with Crippen LogP contribution in [0, 0.1) is 0 Å². The number of rotatable bonds is 3. The number of fused-ring (bicyclic) bond motifs is 1. The van der Waals surface area contributed by atoms with E-state index in [1.54, 1.807) is 0 Å². The summed E-state index contributed by atoms with van der Waals surface area (Å²) in [6, 6.07) is 8.97. The van der Waals surface area contributed by atoms with Gasteiger partial charge < -0.3 is 10.2 Å². The normalized spacial score (nSPS) is 17.9. The van der Waals surface area contributed by atoms with Gasteiger partial charge in [-0.25, -0.2) is 9.97 Å². The van der Waals surface area contributed by atoms with Crippen LogP contribution in [0.2, 0.25) is 0 Å². The summed E-state index contributed by atoms with van der Waals surface area (Å²) in [5.74, 6) is 0.796. The number of hydrogen-bond donors (Lipinski definition) is 1. The molecule has 1 aromatic carbocycles. The number of benzene rings is 1. The molecule has 1 aliphatic rings. The lowest BCUT2D eigenvalue weighted by atomic mass is 9.97. The van der Waals surface area contributed by atoms with Gasteiger partial charge >= 0.3 is 0 Å². The maximum absolute atomic E-state index is 4.55. The van der Waals surface area contributed by atoms with E-state index in [9.17, 15) is 0 Å². The average molecular weight is 268 g/mol. The number of para-hydroxylation sites is 1. The van der Waals surface area contributed by atoms with Crippen LogP contribution in [0.25, 0.3) is 0 Å². The van der Waals surface area contributed by atoms with E-state index in [4.69, 9.17) is 0 Å². The lowest BCUT2D eigenvalue weighted by molar-refractivity contribution is 0.607. The lowest BCUT2D eigenvalue weighted by Crippen LogP contribution is -2.34. The Morgan fingerprint density at radius 1 is 1.25 bits per heavy atom. The summed E-state index contributed by atoms with van der Waals surface area (Å²) in [6.45, 7) is 3.03. The summed E-state index contributed by atoms with van der Waals surface area (Å²) in [7, 11) is 1.93. The molecule has 0 radical (unpaired) electrons. The zero-order chi connectivity index (χ0) is 13.9. The van der Waals surface area contributed by atoms with Crippen LogP contribution in [0.1, 0.15) is 24.5 Å². The molecular weight excluding hydrogens is 248 g/mol. The molecule has 1 unspecified atom stereocenters. The molecule has 4 nitrogen and oxygen atoms in total. The van der Waals surface area contributed by atoms with Crippen molar-refractivity contribution in [3.05, 3.63) is 47.8 Å². The van der Waals surface area contributed by atoms with Crippen molar-refractivity contribution in [2.75, 3.05) is 11.9 Å². The number of nitrogens with zero attached hydrogens (tertiary/aromatic N) is 3. The van der Waals surface area contributed by atoms with E-state index in [1.165, 1.54) is 11.3 Å². The zero-order valence-electron chi connectivity index (χ0n) is 12.0. The average Bonchev–Trinajstić information content (AvgIpc) is 2.49. The molecule has 1 N–H and O–H groups in total. The van der Waals surface area contributed by atoms with E-state index in [-0.39, 0.29) is 0 Å². The van der Waals surface area contributed by atoms with Crippen molar-refractivity contribution < 1.29 is 0 Å². The second kappa shape index (κ2) is 5.59. The number of aryl methyl sites for hydroxylation is 1. The molecule has 0 saturated heterocycles. The van der Waals surface area contributed by atoms with Crippen molar-refractivity contribution in [2.45, 2.75) is 32.4 Å². The number of aromatic nitrogens is 2. The van der Waals surface area contributed by atoms with E-state index in [0.717, 1.165) is 30.9 Å². The minimum absolute atomic E-state index is 0.431. The molecule has 20 heavy (non-hydrogen) atoms. The van der Waals surface area contributed by atoms with Crippen molar-refractivity contribution in [2.24, 2.45) is 0 Å². The third-order valence-corrected chi connectivity index (χ3v) is 3.81. The van der Waals surface area contributed by atoms with Gasteiger partial charge in [0.1, 0.15) is 0 Å². The molecule has 4 heteroatoms. The minimum atomic E-state index is 0.431. The van der Waals surface area contributed by atoms with Crippen LogP contribution in [0.5, 0.6) is 0 Å². The van der Waals surface area contributed by atoms with Gasteiger partial charge in [0.05, 0.1) is 0 Å². The van der Waals surface area contributed by atoms with Gasteiger partial charge in [-0.15, -0.1) is 0 Å². The molecule has 2 heterocycles. The Morgan fingerprint density at radius 3 is 2.75 bits per heavy atom. The molecule has 1 aliphatic heterocycles.